The molecular formula is C24H34N6O4. The van der Waals surface area contributed by atoms with Crippen LogP contribution in [0.1, 0.15) is 57.3 Å². The van der Waals surface area contributed by atoms with Crippen molar-refractivity contribution in [2.24, 2.45) is 5.73 Å². The van der Waals surface area contributed by atoms with Gasteiger partial charge in [0.05, 0.1) is 0 Å². The van der Waals surface area contributed by atoms with Crippen LogP contribution in [0.2, 0.25) is 0 Å². The molecule has 0 bridgehead atoms. The van der Waals surface area contributed by atoms with Crippen molar-refractivity contribution >= 4 is 17.1 Å². The van der Waals surface area contributed by atoms with E-state index < -0.39 is 0 Å². The summed E-state index contributed by atoms with van der Waals surface area (Å²) in [7, 11) is 0. The third-order valence-electron chi connectivity index (χ3n) is 5.63. The van der Waals surface area contributed by atoms with Gasteiger partial charge in [-0.15, -0.1) is 0 Å². The molecule has 2 aromatic heterocycles. The molecular weight excluding hydrogens is 436 g/mol. The minimum absolute atomic E-state index is 0.0842. The predicted octanol–water partition coefficient (Wildman–Crippen LogP) is 1.70. The number of imidazole rings is 1. The lowest BCUT2D eigenvalue weighted by Gasteiger charge is -2.14. The molecule has 0 radical (unpaired) electrons. The summed E-state index contributed by atoms with van der Waals surface area (Å²) in [6, 6.07) is 7.45. The Hall–Kier alpha value is -3.40. The third-order valence-corrected chi connectivity index (χ3v) is 5.63. The molecule has 10 nitrogen and oxygen atoms in total. The number of ether oxygens (including phenoxy) is 1. The van der Waals surface area contributed by atoms with Gasteiger partial charge >= 0.3 is 5.69 Å². The highest BCUT2D eigenvalue weighted by Gasteiger charge is 2.21. The van der Waals surface area contributed by atoms with E-state index >= 15 is 0 Å². The number of nitrogens with zero attached hydrogens (tertiary/aromatic N) is 3. The number of carbonyl (C=O) groups excluding carboxylic acids is 1. The van der Waals surface area contributed by atoms with E-state index in [1.807, 2.05) is 32.9 Å². The zero-order valence-corrected chi connectivity index (χ0v) is 20.1. The maximum absolute atomic E-state index is 13.0. The zero-order valence-electron chi connectivity index (χ0n) is 20.1. The van der Waals surface area contributed by atoms with Gasteiger partial charge in [0, 0.05) is 32.1 Å². The average molecular weight is 471 g/mol. The standard InChI is InChI=1S/C24H34N6O4/c1-4-13-29-22-20(23(32)30(14-5-2)24(29)33)27-21(28-22)18(6-3)16-7-9-17(10-8-16)34-15-19(31)26-12-11-25/h7-10,18H,4-6,11-15,25H2,1-3H3,(H,26,31)(H,27,28)/t18-/m1/s1. The highest BCUT2D eigenvalue weighted by Crippen LogP contribution is 2.28. The van der Waals surface area contributed by atoms with Crippen LogP contribution in [0.25, 0.3) is 11.2 Å². The molecule has 2 heterocycles. The first-order valence-electron chi connectivity index (χ1n) is 11.9. The van der Waals surface area contributed by atoms with Gasteiger partial charge < -0.3 is 20.8 Å². The summed E-state index contributed by atoms with van der Waals surface area (Å²) >= 11 is 0. The molecule has 1 amide bonds. The van der Waals surface area contributed by atoms with Gasteiger partial charge in [-0.25, -0.2) is 9.78 Å². The van der Waals surface area contributed by atoms with Crippen LogP contribution in [-0.2, 0) is 17.9 Å². The topological polar surface area (TPSA) is 137 Å². The number of nitrogens with one attached hydrogen (secondary N) is 2. The van der Waals surface area contributed by atoms with Crippen LogP contribution in [0.3, 0.4) is 0 Å². The second-order valence-corrected chi connectivity index (χ2v) is 8.17. The van der Waals surface area contributed by atoms with Crippen molar-refractivity contribution in [1.29, 1.82) is 0 Å². The van der Waals surface area contributed by atoms with E-state index in [1.165, 1.54) is 4.57 Å². The van der Waals surface area contributed by atoms with Gasteiger partial charge in [-0.05, 0) is 37.0 Å². The quantitative estimate of drug-likeness (QED) is 0.368. The molecule has 0 spiro atoms. The summed E-state index contributed by atoms with van der Waals surface area (Å²) in [5, 5.41) is 2.66. The molecule has 4 N–H and O–H groups in total. The van der Waals surface area contributed by atoms with Crippen LogP contribution in [0.4, 0.5) is 0 Å². The Bertz CT molecular complexity index is 1230. The maximum atomic E-state index is 13.0. The van der Waals surface area contributed by atoms with Crippen molar-refractivity contribution < 1.29 is 9.53 Å². The second-order valence-electron chi connectivity index (χ2n) is 8.17. The molecule has 0 aliphatic heterocycles. The Morgan fingerprint density at radius 1 is 1.12 bits per heavy atom. The largest absolute Gasteiger partial charge is 0.484 e. The van der Waals surface area contributed by atoms with Gasteiger partial charge in [-0.1, -0.05) is 32.9 Å². The number of H-pyrrole nitrogens is 1. The molecule has 0 aliphatic carbocycles. The molecule has 0 aliphatic rings. The predicted molar refractivity (Wildman–Crippen MR) is 131 cm³/mol. The molecule has 1 aromatic carbocycles. The Morgan fingerprint density at radius 2 is 1.79 bits per heavy atom. The Labute approximate surface area is 198 Å². The number of benzene rings is 1. The van der Waals surface area contributed by atoms with Crippen LogP contribution in [-0.4, -0.2) is 44.7 Å². The maximum Gasteiger partial charge on any atom is 0.332 e. The summed E-state index contributed by atoms with van der Waals surface area (Å²) < 4.78 is 8.43. The monoisotopic (exact) mass is 470 g/mol. The number of nitrogens with two attached hydrogens (primary N) is 1. The SMILES string of the molecule is CCCn1c(=O)c2nc([C@H](CC)c3ccc(OCC(=O)NCCN)cc3)[nH]c2n(CCC)c1=O. The van der Waals surface area contributed by atoms with Crippen molar-refractivity contribution in [2.45, 2.75) is 59.0 Å². The van der Waals surface area contributed by atoms with Crippen LogP contribution in [0.15, 0.2) is 33.9 Å². The molecule has 0 saturated carbocycles. The first-order chi connectivity index (χ1) is 16.4. The summed E-state index contributed by atoms with van der Waals surface area (Å²) in [5.74, 6) is 0.891. The normalized spacial score (nSPS) is 12.1. The van der Waals surface area contributed by atoms with Gasteiger partial charge in [-0.2, -0.15) is 0 Å². The molecule has 0 saturated heterocycles. The van der Waals surface area contributed by atoms with Crippen molar-refractivity contribution in [1.82, 2.24) is 24.4 Å². The fraction of sp³-hybridized carbons (Fsp3) is 0.500. The minimum Gasteiger partial charge on any atom is -0.484 e. The number of amides is 1. The smallest absolute Gasteiger partial charge is 0.332 e. The number of aromatic nitrogens is 4. The van der Waals surface area contributed by atoms with Crippen LogP contribution in [0, 0.1) is 0 Å². The van der Waals surface area contributed by atoms with Gasteiger partial charge in [0.15, 0.2) is 12.1 Å². The lowest BCUT2D eigenvalue weighted by molar-refractivity contribution is -0.123. The number of aromatic amines is 1. The number of carbonyl (C=O) groups is 1. The Morgan fingerprint density at radius 3 is 2.41 bits per heavy atom. The number of aryl methyl sites for hydroxylation is 1. The van der Waals surface area contributed by atoms with E-state index in [4.69, 9.17) is 10.5 Å². The fourth-order valence-electron chi connectivity index (χ4n) is 3.99. The van der Waals surface area contributed by atoms with Crippen LogP contribution in [0.5, 0.6) is 5.75 Å². The summed E-state index contributed by atoms with van der Waals surface area (Å²) in [4.78, 5) is 45.6. The van der Waals surface area contributed by atoms with Crippen molar-refractivity contribution in [3.05, 3.63) is 56.5 Å². The van der Waals surface area contributed by atoms with E-state index in [2.05, 4.69) is 15.3 Å². The van der Waals surface area contributed by atoms with Crippen molar-refractivity contribution in [3.63, 3.8) is 0 Å². The number of rotatable bonds is 12. The van der Waals surface area contributed by atoms with Crippen LogP contribution < -0.4 is 27.0 Å². The molecule has 0 fully saturated rings. The molecule has 10 heteroatoms. The van der Waals surface area contributed by atoms with Gasteiger partial charge in [-0.3, -0.25) is 18.7 Å². The van der Waals surface area contributed by atoms with Crippen LogP contribution >= 0.6 is 0 Å². The molecule has 34 heavy (non-hydrogen) atoms. The zero-order chi connectivity index (χ0) is 24.7. The fourth-order valence-corrected chi connectivity index (χ4v) is 3.99. The van der Waals surface area contributed by atoms with Gasteiger partial charge in [0.25, 0.3) is 11.5 Å². The molecule has 3 rings (SSSR count). The van der Waals surface area contributed by atoms with E-state index in [0.29, 0.717) is 55.3 Å². The van der Waals surface area contributed by atoms with E-state index in [-0.39, 0.29) is 29.7 Å². The lowest BCUT2D eigenvalue weighted by Crippen LogP contribution is -2.40. The molecule has 0 unspecified atom stereocenters. The van der Waals surface area contributed by atoms with Gasteiger partial charge in [0.2, 0.25) is 0 Å². The van der Waals surface area contributed by atoms with Crippen molar-refractivity contribution in [3.8, 4) is 5.75 Å². The highest BCUT2D eigenvalue weighted by atomic mass is 16.5. The highest BCUT2D eigenvalue weighted by molar-refractivity contribution is 5.77. The minimum atomic E-state index is -0.358. The molecule has 184 valence electrons. The van der Waals surface area contributed by atoms with E-state index in [0.717, 1.165) is 18.4 Å². The Balaban J connectivity index is 1.91. The third kappa shape index (κ3) is 5.39. The summed E-state index contributed by atoms with van der Waals surface area (Å²) in [6.45, 7) is 7.53. The molecule has 3 aromatic rings. The summed E-state index contributed by atoms with van der Waals surface area (Å²) in [5.41, 5.74) is 6.46. The van der Waals surface area contributed by atoms with Gasteiger partial charge in [0.1, 0.15) is 17.2 Å². The summed E-state index contributed by atoms with van der Waals surface area (Å²) in [6.07, 6.45) is 2.18. The van der Waals surface area contributed by atoms with Crippen molar-refractivity contribution in [2.75, 3.05) is 19.7 Å². The Kier molecular flexibility index (Phi) is 8.64. The average Bonchev–Trinajstić information content (AvgIpc) is 3.28. The lowest BCUT2D eigenvalue weighted by atomic mass is 9.96. The first kappa shape index (κ1) is 25.2. The van der Waals surface area contributed by atoms with E-state index in [1.54, 1.807) is 16.7 Å². The number of hydrogen-bond acceptors (Lipinski definition) is 6. The molecule has 1 atom stereocenters. The number of hydrogen-bond donors (Lipinski definition) is 3. The van der Waals surface area contributed by atoms with E-state index in [9.17, 15) is 14.4 Å². The number of fused-ring (bicyclic) bond motifs is 1. The second kappa shape index (κ2) is 11.6. The first-order valence-corrected chi connectivity index (χ1v) is 11.9.